The lowest BCUT2D eigenvalue weighted by Gasteiger charge is -2.37. The minimum atomic E-state index is -0.0606. The van der Waals surface area contributed by atoms with Crippen LogP contribution in [0.5, 0.6) is 23.0 Å². The molecule has 0 amide bonds. The van der Waals surface area contributed by atoms with Gasteiger partial charge in [-0.15, -0.1) is 0 Å². The number of fused-ring (bicyclic) bond motifs is 4. The summed E-state index contributed by atoms with van der Waals surface area (Å²) in [6.07, 6.45) is 31.4. The molecular formula is C69H80O4. The molecule has 4 nitrogen and oxygen atoms in total. The van der Waals surface area contributed by atoms with Crippen LogP contribution in [0.4, 0.5) is 0 Å². The van der Waals surface area contributed by atoms with Crippen molar-refractivity contribution in [1.29, 1.82) is 0 Å². The third kappa shape index (κ3) is 9.75. The van der Waals surface area contributed by atoms with Crippen molar-refractivity contribution in [1.82, 2.24) is 0 Å². The highest BCUT2D eigenvalue weighted by Crippen LogP contribution is 2.51. The van der Waals surface area contributed by atoms with Crippen LogP contribution >= 0.6 is 0 Å². The molecule has 0 spiro atoms. The number of para-hydroxylation sites is 2. The first-order valence-corrected chi connectivity index (χ1v) is 29.4. The van der Waals surface area contributed by atoms with E-state index in [0.717, 1.165) is 139 Å². The van der Waals surface area contributed by atoms with Gasteiger partial charge in [-0.2, -0.15) is 0 Å². The van der Waals surface area contributed by atoms with Gasteiger partial charge in [0, 0.05) is 39.8 Å². The lowest BCUT2D eigenvalue weighted by atomic mass is 9.76. The van der Waals surface area contributed by atoms with Gasteiger partial charge < -0.3 is 19.7 Å². The second-order valence-corrected chi connectivity index (χ2v) is 23.6. The van der Waals surface area contributed by atoms with Gasteiger partial charge in [-0.1, -0.05) is 87.1 Å². The average Bonchev–Trinajstić information content (AvgIpc) is 3.43. The van der Waals surface area contributed by atoms with Crippen LogP contribution in [0.2, 0.25) is 0 Å². The molecule has 0 saturated heterocycles. The largest absolute Gasteiger partial charge is 0.507 e. The Balaban J connectivity index is 0.911. The predicted molar refractivity (Wildman–Crippen MR) is 301 cm³/mol. The molecule has 0 bridgehead atoms. The highest BCUT2D eigenvalue weighted by atomic mass is 16.5. The molecule has 6 aliphatic carbocycles. The molecule has 12 rings (SSSR count). The van der Waals surface area contributed by atoms with Crippen molar-refractivity contribution < 1.29 is 19.7 Å². The summed E-state index contributed by atoms with van der Waals surface area (Å²) in [6, 6.07) is 31.1. The summed E-state index contributed by atoms with van der Waals surface area (Å²) in [4.78, 5) is 0. The summed E-state index contributed by atoms with van der Waals surface area (Å²) < 4.78 is 15.2. The number of rotatable bonds is 12. The van der Waals surface area contributed by atoms with Gasteiger partial charge in [0.25, 0.3) is 0 Å². The summed E-state index contributed by atoms with van der Waals surface area (Å²) in [7, 11) is 0. The van der Waals surface area contributed by atoms with Gasteiger partial charge in [0.2, 0.25) is 0 Å². The van der Waals surface area contributed by atoms with E-state index in [0.29, 0.717) is 23.3 Å². The van der Waals surface area contributed by atoms with E-state index in [1.54, 1.807) is 0 Å². The van der Waals surface area contributed by atoms with E-state index >= 15 is 0 Å². The lowest BCUT2D eigenvalue weighted by Crippen LogP contribution is -2.38. The van der Waals surface area contributed by atoms with E-state index in [9.17, 15) is 10.2 Å². The highest BCUT2D eigenvalue weighted by Gasteiger charge is 2.36. The fraction of sp³-hybridized carbons (Fsp3) is 0.478. The second-order valence-electron chi connectivity index (χ2n) is 23.6. The smallest absolute Gasteiger partial charge is 0.131 e. The molecule has 0 heterocycles. The molecule has 73 heavy (non-hydrogen) atoms. The van der Waals surface area contributed by atoms with Crippen molar-refractivity contribution in [3.63, 3.8) is 0 Å². The molecule has 0 radical (unpaired) electrons. The van der Waals surface area contributed by atoms with Gasteiger partial charge in [0.15, 0.2) is 0 Å². The standard InChI is InChI=1S/C69H80O4/c1-44-37-58(68(70)60(39-44)66-52-29-13-9-25-48(52)41-49-26-10-14-30-53(49)66)56-33-17-19-35-62(56)72-64(46-21-5-3-6-22-46)43-65(47-23-7-4-8-24-47)73-63-36-20-18-34-57(63)59-38-45(2)40-61(69(59)71)67-54-31-15-11-27-50(54)42-51-28-12-16-32-55(51)67/h17-20,33-42,46-47,64-65,70-71H,3-16,21-32,43H2,1-2H3/t64-,65?/m0/s1. The van der Waals surface area contributed by atoms with Crippen LogP contribution < -0.4 is 9.47 Å². The summed E-state index contributed by atoms with van der Waals surface area (Å²) in [5.41, 5.74) is 22.6. The maximum Gasteiger partial charge on any atom is 0.131 e. The van der Waals surface area contributed by atoms with E-state index in [-0.39, 0.29) is 12.2 Å². The molecule has 2 saturated carbocycles. The molecule has 1 unspecified atom stereocenters. The number of hydrogen-bond acceptors (Lipinski definition) is 4. The summed E-state index contributed by atoms with van der Waals surface area (Å²) in [5, 5.41) is 25.5. The van der Waals surface area contributed by atoms with Crippen LogP contribution in [-0.4, -0.2) is 22.4 Å². The van der Waals surface area contributed by atoms with Crippen LogP contribution in [0.3, 0.4) is 0 Å². The monoisotopic (exact) mass is 973 g/mol. The predicted octanol–water partition coefficient (Wildman–Crippen LogP) is 17.6. The van der Waals surface area contributed by atoms with E-state index < -0.39 is 0 Å². The SMILES string of the molecule is Cc1cc(-c2ccccc2OC(C[C@H](Oc2ccccc2-c2cc(C)cc(-c3c4c(cc5c3CCCC5)CCCC4)c2O)C2CCCCC2)C2CCCCC2)c(O)c(-c2c3c(cc4c2CCCC4)CCCC3)c1. The minimum absolute atomic E-state index is 0.0606. The van der Waals surface area contributed by atoms with Crippen LogP contribution in [0.25, 0.3) is 44.5 Å². The molecular weight excluding hydrogens is 893 g/mol. The van der Waals surface area contributed by atoms with Crippen molar-refractivity contribution in [3.05, 3.63) is 141 Å². The highest BCUT2D eigenvalue weighted by molar-refractivity contribution is 5.90. The Kier molecular flexibility index (Phi) is 14.2. The van der Waals surface area contributed by atoms with Crippen LogP contribution in [0.1, 0.15) is 178 Å². The Bertz CT molecular complexity index is 2710. The quantitative estimate of drug-likeness (QED) is 0.128. The summed E-state index contributed by atoms with van der Waals surface area (Å²) >= 11 is 0. The number of aromatic hydroxyl groups is 2. The molecule has 2 fully saturated rings. The Morgan fingerprint density at radius 2 is 0.712 bits per heavy atom. The summed E-state index contributed by atoms with van der Waals surface area (Å²) in [5.74, 6) is 3.29. The van der Waals surface area contributed by atoms with Crippen molar-refractivity contribution in [2.24, 2.45) is 11.8 Å². The van der Waals surface area contributed by atoms with Crippen LogP contribution in [-0.2, 0) is 51.4 Å². The van der Waals surface area contributed by atoms with Crippen molar-refractivity contribution in [2.45, 2.75) is 199 Å². The fourth-order valence-corrected chi connectivity index (χ4v) is 15.1. The van der Waals surface area contributed by atoms with E-state index in [1.165, 1.54) is 146 Å². The van der Waals surface area contributed by atoms with Crippen molar-refractivity contribution >= 4 is 0 Å². The van der Waals surface area contributed by atoms with Crippen molar-refractivity contribution in [3.8, 4) is 67.5 Å². The van der Waals surface area contributed by atoms with Crippen molar-refractivity contribution in [2.75, 3.05) is 0 Å². The Morgan fingerprint density at radius 1 is 0.384 bits per heavy atom. The number of phenols is 2. The number of benzene rings is 6. The molecule has 0 aliphatic heterocycles. The van der Waals surface area contributed by atoms with E-state index in [4.69, 9.17) is 9.47 Å². The summed E-state index contributed by atoms with van der Waals surface area (Å²) in [6.45, 7) is 4.40. The Labute approximate surface area is 437 Å². The minimum Gasteiger partial charge on any atom is -0.507 e. The van der Waals surface area contributed by atoms with Gasteiger partial charge in [-0.25, -0.2) is 0 Å². The normalized spacial score (nSPS) is 19.0. The van der Waals surface area contributed by atoms with Gasteiger partial charge >= 0.3 is 0 Å². The first-order chi connectivity index (χ1) is 35.9. The first kappa shape index (κ1) is 48.5. The maximum atomic E-state index is 12.8. The lowest BCUT2D eigenvalue weighted by molar-refractivity contribution is 0.0256. The zero-order valence-corrected chi connectivity index (χ0v) is 44.2. The molecule has 2 N–H and O–H groups in total. The molecule has 0 aromatic heterocycles. The third-order valence-corrected chi connectivity index (χ3v) is 18.7. The van der Waals surface area contributed by atoms with E-state index in [2.05, 4.69) is 98.8 Å². The Morgan fingerprint density at radius 3 is 1.08 bits per heavy atom. The molecule has 2 atom stereocenters. The molecule has 6 aliphatic rings. The average molecular weight is 973 g/mol. The zero-order chi connectivity index (χ0) is 49.4. The third-order valence-electron chi connectivity index (χ3n) is 18.7. The van der Waals surface area contributed by atoms with Gasteiger partial charge in [0.05, 0.1) is 0 Å². The van der Waals surface area contributed by atoms with Crippen LogP contribution in [0, 0.1) is 25.7 Å². The Hall–Kier alpha value is -5.48. The van der Waals surface area contributed by atoms with Gasteiger partial charge in [-0.05, 0) is 257 Å². The first-order valence-electron chi connectivity index (χ1n) is 29.4. The number of ether oxygens (including phenoxy) is 2. The second kappa shape index (κ2) is 21.4. The molecule has 380 valence electrons. The molecule has 6 aromatic carbocycles. The molecule has 6 aromatic rings. The number of aryl methyl sites for hydroxylation is 6. The fourth-order valence-electron chi connectivity index (χ4n) is 15.1. The number of phenolic OH excluding ortho intramolecular Hbond substituents is 2. The molecule has 4 heteroatoms. The topological polar surface area (TPSA) is 58.9 Å². The maximum absolute atomic E-state index is 12.8. The van der Waals surface area contributed by atoms with E-state index in [1.807, 2.05) is 0 Å². The van der Waals surface area contributed by atoms with Gasteiger partial charge in [0.1, 0.15) is 35.2 Å². The van der Waals surface area contributed by atoms with Gasteiger partial charge in [-0.3, -0.25) is 0 Å². The zero-order valence-electron chi connectivity index (χ0n) is 44.2. The number of hydrogen-bond donors (Lipinski definition) is 2. The van der Waals surface area contributed by atoms with Crippen LogP contribution in [0.15, 0.2) is 84.9 Å².